The van der Waals surface area contributed by atoms with Crippen LogP contribution in [0.4, 0.5) is 0 Å². The summed E-state index contributed by atoms with van der Waals surface area (Å²) in [6.07, 6.45) is 2.31. The number of ether oxygens (including phenoxy) is 1. The Hall–Kier alpha value is -0.380. The van der Waals surface area contributed by atoms with Gasteiger partial charge in [-0.05, 0) is 30.5 Å². The van der Waals surface area contributed by atoms with Crippen molar-refractivity contribution in [1.29, 1.82) is 0 Å². The van der Waals surface area contributed by atoms with E-state index in [1.165, 1.54) is 12.0 Å². The second-order valence-electron chi connectivity index (χ2n) is 4.05. The van der Waals surface area contributed by atoms with Crippen LogP contribution >= 0.6 is 15.9 Å². The molecule has 0 aliphatic carbocycles. The minimum Gasteiger partial charge on any atom is -0.381 e. The number of hydrogen-bond donors (Lipinski definition) is 1. The van der Waals surface area contributed by atoms with Gasteiger partial charge in [0, 0.05) is 23.0 Å². The van der Waals surface area contributed by atoms with E-state index >= 15 is 0 Å². The van der Waals surface area contributed by atoms with E-state index in [0.29, 0.717) is 5.92 Å². The van der Waals surface area contributed by atoms with Gasteiger partial charge in [0.1, 0.15) is 0 Å². The summed E-state index contributed by atoms with van der Waals surface area (Å²) >= 11 is 3.43. The molecule has 2 unspecified atom stereocenters. The maximum Gasteiger partial charge on any atom is 0.0512 e. The Labute approximate surface area is 98.9 Å². The van der Waals surface area contributed by atoms with Crippen molar-refractivity contribution in [2.75, 3.05) is 13.2 Å². The second-order valence-corrected chi connectivity index (χ2v) is 4.97. The van der Waals surface area contributed by atoms with Gasteiger partial charge in [0.25, 0.3) is 0 Å². The average Bonchev–Trinajstić information content (AvgIpc) is 2.30. The van der Waals surface area contributed by atoms with Crippen molar-refractivity contribution in [2.24, 2.45) is 11.7 Å². The molecule has 82 valence electrons. The van der Waals surface area contributed by atoms with Gasteiger partial charge in [0.2, 0.25) is 0 Å². The van der Waals surface area contributed by atoms with Gasteiger partial charge in [-0.3, -0.25) is 0 Å². The molecule has 0 aromatic heterocycles. The Morgan fingerprint density at radius 1 is 1.33 bits per heavy atom. The van der Waals surface area contributed by atoms with Crippen molar-refractivity contribution in [3.63, 3.8) is 0 Å². The summed E-state index contributed by atoms with van der Waals surface area (Å²) in [5.41, 5.74) is 7.43. The molecule has 0 amide bonds. The topological polar surface area (TPSA) is 35.2 Å². The lowest BCUT2D eigenvalue weighted by molar-refractivity contribution is 0.0448. The molecule has 1 aliphatic heterocycles. The molecule has 0 bridgehead atoms. The highest BCUT2D eigenvalue weighted by molar-refractivity contribution is 9.10. The van der Waals surface area contributed by atoms with Crippen molar-refractivity contribution in [3.05, 3.63) is 34.3 Å². The van der Waals surface area contributed by atoms with E-state index in [0.717, 1.165) is 24.1 Å². The van der Waals surface area contributed by atoms with Gasteiger partial charge in [-0.25, -0.2) is 0 Å². The van der Waals surface area contributed by atoms with Crippen molar-refractivity contribution in [2.45, 2.75) is 18.9 Å². The monoisotopic (exact) mass is 269 g/mol. The van der Waals surface area contributed by atoms with Gasteiger partial charge < -0.3 is 10.5 Å². The van der Waals surface area contributed by atoms with Crippen LogP contribution in [0.15, 0.2) is 28.7 Å². The van der Waals surface area contributed by atoms with E-state index in [-0.39, 0.29) is 6.04 Å². The van der Waals surface area contributed by atoms with Crippen molar-refractivity contribution < 1.29 is 4.74 Å². The molecule has 1 aromatic carbocycles. The molecule has 0 radical (unpaired) electrons. The summed E-state index contributed by atoms with van der Waals surface area (Å²) in [6.45, 7) is 1.70. The summed E-state index contributed by atoms with van der Waals surface area (Å²) in [5, 5.41) is 0. The first-order valence-electron chi connectivity index (χ1n) is 5.36. The molecule has 1 saturated heterocycles. The zero-order valence-corrected chi connectivity index (χ0v) is 10.2. The molecule has 3 heteroatoms. The maximum atomic E-state index is 6.22. The lowest BCUT2D eigenvalue weighted by Crippen LogP contribution is -2.28. The van der Waals surface area contributed by atoms with Crippen LogP contribution in [0, 0.1) is 5.92 Å². The molecule has 2 N–H and O–H groups in total. The summed E-state index contributed by atoms with van der Waals surface area (Å²) < 4.78 is 6.55. The second kappa shape index (κ2) is 5.10. The van der Waals surface area contributed by atoms with Crippen molar-refractivity contribution in [3.8, 4) is 0 Å². The molecule has 1 aliphatic rings. The van der Waals surface area contributed by atoms with Gasteiger partial charge in [0.05, 0.1) is 6.61 Å². The van der Waals surface area contributed by atoms with E-state index in [1.54, 1.807) is 0 Å². The fourth-order valence-electron chi connectivity index (χ4n) is 2.01. The quantitative estimate of drug-likeness (QED) is 0.896. The lowest BCUT2D eigenvalue weighted by atomic mass is 9.89. The van der Waals surface area contributed by atoms with Gasteiger partial charge >= 0.3 is 0 Å². The average molecular weight is 270 g/mol. The Kier molecular flexibility index (Phi) is 3.78. The maximum absolute atomic E-state index is 6.22. The molecule has 0 saturated carbocycles. The van der Waals surface area contributed by atoms with Crippen LogP contribution in [-0.4, -0.2) is 13.2 Å². The van der Waals surface area contributed by atoms with Crippen LogP contribution in [-0.2, 0) is 4.74 Å². The van der Waals surface area contributed by atoms with Crippen LogP contribution < -0.4 is 5.73 Å². The van der Waals surface area contributed by atoms with Crippen molar-refractivity contribution in [1.82, 2.24) is 0 Å². The van der Waals surface area contributed by atoms with Crippen LogP contribution in [0.2, 0.25) is 0 Å². The first-order chi connectivity index (χ1) is 7.27. The molecule has 2 nitrogen and oxygen atoms in total. The van der Waals surface area contributed by atoms with Crippen LogP contribution in [0.5, 0.6) is 0 Å². The van der Waals surface area contributed by atoms with Gasteiger partial charge in [-0.15, -0.1) is 0 Å². The normalized spacial score (nSPS) is 23.7. The number of rotatable bonds is 2. The fraction of sp³-hybridized carbons (Fsp3) is 0.500. The summed E-state index contributed by atoms with van der Waals surface area (Å²) in [6, 6.07) is 8.36. The molecule has 2 atom stereocenters. The Balaban J connectivity index is 2.05. The highest BCUT2D eigenvalue weighted by atomic mass is 79.9. The number of benzene rings is 1. The Morgan fingerprint density at radius 3 is 2.67 bits per heavy atom. The van der Waals surface area contributed by atoms with Gasteiger partial charge in [-0.2, -0.15) is 0 Å². The van der Waals surface area contributed by atoms with Crippen molar-refractivity contribution >= 4 is 15.9 Å². The standard InChI is InChI=1S/C12H16BrNO/c13-11-5-3-9(4-6-11)12(14)10-2-1-7-15-8-10/h3-6,10,12H,1-2,7-8,14H2. The first kappa shape index (κ1) is 11.1. The van der Waals surface area contributed by atoms with Crippen LogP contribution in [0.3, 0.4) is 0 Å². The minimum atomic E-state index is 0.110. The molecule has 1 heterocycles. The number of halogens is 1. The predicted molar refractivity (Wildman–Crippen MR) is 64.6 cm³/mol. The Bertz CT molecular complexity index is 306. The largest absolute Gasteiger partial charge is 0.381 e. The van der Waals surface area contributed by atoms with E-state index in [1.807, 2.05) is 12.1 Å². The molecule has 15 heavy (non-hydrogen) atoms. The Morgan fingerprint density at radius 2 is 2.07 bits per heavy atom. The van der Waals surface area contributed by atoms with Gasteiger partial charge in [0.15, 0.2) is 0 Å². The molecular weight excluding hydrogens is 254 g/mol. The predicted octanol–water partition coefficient (Wildman–Crippen LogP) is 2.88. The lowest BCUT2D eigenvalue weighted by Gasteiger charge is -2.27. The van der Waals surface area contributed by atoms with Crippen LogP contribution in [0.1, 0.15) is 24.4 Å². The van der Waals surface area contributed by atoms with E-state index in [4.69, 9.17) is 10.5 Å². The third-order valence-corrected chi connectivity index (χ3v) is 3.49. The number of hydrogen-bond acceptors (Lipinski definition) is 2. The summed E-state index contributed by atoms with van der Waals surface area (Å²) in [5.74, 6) is 0.472. The molecule has 1 fully saturated rings. The molecular formula is C12H16BrNO. The smallest absolute Gasteiger partial charge is 0.0512 e. The highest BCUT2D eigenvalue weighted by Gasteiger charge is 2.22. The zero-order chi connectivity index (χ0) is 10.7. The highest BCUT2D eigenvalue weighted by Crippen LogP contribution is 2.27. The third-order valence-electron chi connectivity index (χ3n) is 2.96. The van der Waals surface area contributed by atoms with E-state index in [9.17, 15) is 0 Å². The molecule has 0 spiro atoms. The summed E-state index contributed by atoms with van der Waals surface area (Å²) in [7, 11) is 0. The fourth-order valence-corrected chi connectivity index (χ4v) is 2.27. The number of nitrogens with two attached hydrogens (primary N) is 1. The SMILES string of the molecule is NC(c1ccc(Br)cc1)C1CCCOC1. The molecule has 1 aromatic rings. The zero-order valence-electron chi connectivity index (χ0n) is 8.66. The first-order valence-corrected chi connectivity index (χ1v) is 6.15. The van der Waals surface area contributed by atoms with Crippen LogP contribution in [0.25, 0.3) is 0 Å². The minimum absolute atomic E-state index is 0.110. The summed E-state index contributed by atoms with van der Waals surface area (Å²) in [4.78, 5) is 0. The third kappa shape index (κ3) is 2.80. The van der Waals surface area contributed by atoms with E-state index in [2.05, 4.69) is 28.1 Å². The molecule has 2 rings (SSSR count). The van der Waals surface area contributed by atoms with E-state index < -0.39 is 0 Å². The van der Waals surface area contributed by atoms with Gasteiger partial charge in [-0.1, -0.05) is 28.1 Å².